The molecule has 2 fully saturated rings. The Labute approximate surface area is 129 Å². The first-order valence-corrected chi connectivity index (χ1v) is 9.45. The molecule has 3 rings (SSSR count). The van der Waals surface area contributed by atoms with Crippen molar-refractivity contribution in [2.45, 2.75) is 44.2 Å². The van der Waals surface area contributed by atoms with Crippen molar-refractivity contribution >= 4 is 21.6 Å². The van der Waals surface area contributed by atoms with Gasteiger partial charge in [0.1, 0.15) is 5.82 Å². The van der Waals surface area contributed by atoms with Crippen LogP contribution in [0.3, 0.4) is 0 Å². The van der Waals surface area contributed by atoms with E-state index >= 15 is 0 Å². The fraction of sp³-hybridized carbons (Fsp3) is 0.643. The van der Waals surface area contributed by atoms with Gasteiger partial charge >= 0.3 is 0 Å². The van der Waals surface area contributed by atoms with Gasteiger partial charge in [0.2, 0.25) is 0 Å². The van der Waals surface area contributed by atoms with E-state index in [0.717, 1.165) is 25.7 Å². The molecule has 1 atom stereocenters. The summed E-state index contributed by atoms with van der Waals surface area (Å²) in [7, 11) is -2.93. The first-order valence-electron chi connectivity index (χ1n) is 7.63. The highest BCUT2D eigenvalue weighted by atomic mass is 32.2. The van der Waals surface area contributed by atoms with Crippen molar-refractivity contribution in [1.29, 1.82) is 0 Å². The molecule has 1 aliphatic carbocycles. The first-order chi connectivity index (χ1) is 10.5. The zero-order chi connectivity index (χ0) is 15.6. The molecule has 1 amide bonds. The molecule has 0 aromatic carbocycles. The Hall–Kier alpha value is -1.70. The van der Waals surface area contributed by atoms with Gasteiger partial charge in [-0.3, -0.25) is 4.79 Å². The smallest absolute Gasteiger partial charge is 0.272 e. The highest BCUT2D eigenvalue weighted by Crippen LogP contribution is 2.18. The van der Waals surface area contributed by atoms with Crippen molar-refractivity contribution in [2.75, 3.05) is 16.8 Å². The lowest BCUT2D eigenvalue weighted by Gasteiger charge is -2.12. The van der Waals surface area contributed by atoms with Crippen LogP contribution in [0.25, 0.3) is 0 Å². The number of carbonyl (C=O) groups is 1. The van der Waals surface area contributed by atoms with E-state index < -0.39 is 9.84 Å². The molecule has 2 N–H and O–H groups in total. The maximum Gasteiger partial charge on any atom is 0.272 e. The zero-order valence-electron chi connectivity index (χ0n) is 12.3. The summed E-state index contributed by atoms with van der Waals surface area (Å²) in [6, 6.07) is 3.40. The molecule has 22 heavy (non-hydrogen) atoms. The fourth-order valence-corrected chi connectivity index (χ4v) is 4.65. The number of aromatic nitrogens is 2. The van der Waals surface area contributed by atoms with Gasteiger partial charge in [0.25, 0.3) is 5.91 Å². The summed E-state index contributed by atoms with van der Waals surface area (Å²) in [5.41, 5.74) is 0.288. The van der Waals surface area contributed by atoms with Gasteiger partial charge in [0.15, 0.2) is 15.5 Å². The van der Waals surface area contributed by atoms with Gasteiger partial charge in [0, 0.05) is 12.1 Å². The molecule has 1 saturated heterocycles. The number of nitrogens with one attached hydrogen (secondary N) is 2. The molecule has 2 heterocycles. The van der Waals surface area contributed by atoms with Gasteiger partial charge in [-0.2, -0.15) is 0 Å². The lowest BCUT2D eigenvalue weighted by molar-refractivity contribution is 0.0932. The van der Waals surface area contributed by atoms with E-state index in [-0.39, 0.29) is 35.2 Å². The highest BCUT2D eigenvalue weighted by Gasteiger charge is 2.28. The molecule has 120 valence electrons. The summed E-state index contributed by atoms with van der Waals surface area (Å²) in [6.45, 7) is 0. The summed E-state index contributed by atoms with van der Waals surface area (Å²) < 4.78 is 22.8. The third-order valence-corrected chi connectivity index (χ3v) is 5.94. The number of carbonyl (C=O) groups excluding carboxylic acids is 1. The topological polar surface area (TPSA) is 101 Å². The van der Waals surface area contributed by atoms with Gasteiger partial charge in [-0.05, 0) is 31.4 Å². The van der Waals surface area contributed by atoms with Gasteiger partial charge in [0.05, 0.1) is 11.5 Å². The molecule has 0 spiro atoms. The monoisotopic (exact) mass is 324 g/mol. The van der Waals surface area contributed by atoms with Crippen LogP contribution in [0, 0.1) is 0 Å². The van der Waals surface area contributed by atoms with E-state index in [1.807, 2.05) is 0 Å². The van der Waals surface area contributed by atoms with Crippen LogP contribution in [0.1, 0.15) is 42.6 Å². The number of amides is 1. The molecular weight excluding hydrogens is 304 g/mol. The molecule has 7 nitrogen and oxygen atoms in total. The summed E-state index contributed by atoms with van der Waals surface area (Å²) in [5, 5.41) is 13.9. The molecule has 1 aromatic rings. The second kappa shape index (κ2) is 6.20. The van der Waals surface area contributed by atoms with Crippen molar-refractivity contribution < 1.29 is 13.2 Å². The number of hydrogen-bond acceptors (Lipinski definition) is 6. The Morgan fingerprint density at radius 1 is 1.09 bits per heavy atom. The number of hydrogen-bond donors (Lipinski definition) is 2. The molecular formula is C14H20N4O3S. The average molecular weight is 324 g/mol. The van der Waals surface area contributed by atoms with Crippen LogP contribution in [0.2, 0.25) is 0 Å². The third kappa shape index (κ3) is 3.73. The van der Waals surface area contributed by atoms with Crippen molar-refractivity contribution in [1.82, 2.24) is 15.5 Å². The summed E-state index contributed by atoms with van der Waals surface area (Å²) >= 11 is 0. The second-order valence-electron chi connectivity index (χ2n) is 6.00. The zero-order valence-corrected chi connectivity index (χ0v) is 13.1. The van der Waals surface area contributed by atoms with E-state index in [1.165, 1.54) is 0 Å². The lowest BCUT2D eigenvalue weighted by Crippen LogP contribution is -2.33. The van der Waals surface area contributed by atoms with Crippen LogP contribution >= 0.6 is 0 Å². The molecule has 1 unspecified atom stereocenters. The Balaban J connectivity index is 1.56. The highest BCUT2D eigenvalue weighted by molar-refractivity contribution is 7.91. The Kier molecular flexibility index (Phi) is 4.28. The van der Waals surface area contributed by atoms with Crippen molar-refractivity contribution in [3.8, 4) is 0 Å². The van der Waals surface area contributed by atoms with E-state index in [2.05, 4.69) is 20.8 Å². The Bertz CT molecular complexity index is 639. The van der Waals surface area contributed by atoms with Gasteiger partial charge < -0.3 is 10.6 Å². The quantitative estimate of drug-likeness (QED) is 0.847. The molecule has 1 aromatic heterocycles. The van der Waals surface area contributed by atoms with Crippen LogP contribution < -0.4 is 10.6 Å². The summed E-state index contributed by atoms with van der Waals surface area (Å²) in [6.07, 6.45) is 4.94. The first kappa shape index (κ1) is 15.2. The standard InChI is InChI=1S/C14H20N4O3S/c19-14(16-10-3-1-2-4-10)12-5-6-13(18-17-12)15-11-7-8-22(20,21)9-11/h5-6,10-11H,1-4,7-9H2,(H,15,18)(H,16,19). The third-order valence-electron chi connectivity index (χ3n) is 4.17. The molecule has 1 aliphatic heterocycles. The van der Waals surface area contributed by atoms with Crippen molar-refractivity contribution in [3.63, 3.8) is 0 Å². The van der Waals surface area contributed by atoms with Crippen molar-refractivity contribution in [3.05, 3.63) is 17.8 Å². The lowest BCUT2D eigenvalue weighted by atomic mass is 10.2. The largest absolute Gasteiger partial charge is 0.365 e. The molecule has 2 aliphatic rings. The van der Waals surface area contributed by atoms with Gasteiger partial charge in [-0.1, -0.05) is 12.8 Å². The Morgan fingerprint density at radius 3 is 2.45 bits per heavy atom. The number of rotatable bonds is 4. The summed E-state index contributed by atoms with van der Waals surface area (Å²) in [4.78, 5) is 12.0. The maximum atomic E-state index is 12.0. The minimum Gasteiger partial charge on any atom is -0.365 e. The van der Waals surface area contributed by atoms with E-state index in [0.29, 0.717) is 12.2 Å². The number of nitrogens with zero attached hydrogens (tertiary/aromatic N) is 2. The van der Waals surface area contributed by atoms with E-state index in [4.69, 9.17) is 0 Å². The number of anilines is 1. The van der Waals surface area contributed by atoms with E-state index in [1.54, 1.807) is 12.1 Å². The fourth-order valence-electron chi connectivity index (χ4n) is 2.98. The minimum atomic E-state index is -2.93. The summed E-state index contributed by atoms with van der Waals surface area (Å²) in [5.74, 6) is 0.632. The molecule has 8 heteroatoms. The van der Waals surface area contributed by atoms with Crippen LogP contribution in [-0.2, 0) is 9.84 Å². The number of sulfone groups is 1. The van der Waals surface area contributed by atoms with Crippen molar-refractivity contribution in [2.24, 2.45) is 0 Å². The average Bonchev–Trinajstić information content (AvgIpc) is 3.09. The molecule has 0 radical (unpaired) electrons. The van der Waals surface area contributed by atoms with Crippen LogP contribution in [-0.4, -0.2) is 48.1 Å². The molecule has 1 saturated carbocycles. The SMILES string of the molecule is O=C(NC1CCCC1)c1ccc(NC2CCS(=O)(=O)C2)nn1. The second-order valence-corrected chi connectivity index (χ2v) is 8.23. The van der Waals surface area contributed by atoms with E-state index in [9.17, 15) is 13.2 Å². The predicted octanol–water partition coefficient (Wildman–Crippen LogP) is 0.748. The van der Waals surface area contributed by atoms with Crippen LogP contribution in [0.4, 0.5) is 5.82 Å². The molecule has 0 bridgehead atoms. The van der Waals surface area contributed by atoms with Crippen LogP contribution in [0.15, 0.2) is 12.1 Å². The minimum absolute atomic E-state index is 0.124. The van der Waals surface area contributed by atoms with Gasteiger partial charge in [-0.25, -0.2) is 8.42 Å². The van der Waals surface area contributed by atoms with Crippen LogP contribution in [0.5, 0.6) is 0 Å². The van der Waals surface area contributed by atoms with Gasteiger partial charge in [-0.15, -0.1) is 10.2 Å². The normalized spacial score (nSPS) is 24.3. The Morgan fingerprint density at radius 2 is 1.86 bits per heavy atom. The predicted molar refractivity (Wildman–Crippen MR) is 82.4 cm³/mol. The maximum absolute atomic E-state index is 12.0.